The Bertz CT molecular complexity index is 315. The molecule has 3 heteroatoms. The molecule has 1 heterocycles. The smallest absolute Gasteiger partial charge is 0.133 e. The molecule has 0 aliphatic heterocycles. The van der Waals surface area contributed by atoms with Gasteiger partial charge in [-0.25, -0.2) is 4.98 Å². The van der Waals surface area contributed by atoms with Crippen molar-refractivity contribution in [2.24, 2.45) is 0 Å². The maximum atomic E-state index is 6.07. The van der Waals surface area contributed by atoms with Gasteiger partial charge in [0.05, 0.1) is 0 Å². The first-order chi connectivity index (χ1) is 7.69. The summed E-state index contributed by atoms with van der Waals surface area (Å²) in [6, 6.07) is 4.79. The predicted molar refractivity (Wildman–Crippen MR) is 69.8 cm³/mol. The van der Waals surface area contributed by atoms with Gasteiger partial charge in [0.25, 0.3) is 0 Å². The highest BCUT2D eigenvalue weighted by Gasteiger charge is 2.13. The van der Waals surface area contributed by atoms with Crippen molar-refractivity contribution in [3.63, 3.8) is 0 Å². The Kier molecular flexibility index (Phi) is 5.78. The Morgan fingerprint density at radius 3 is 2.75 bits per heavy atom. The third-order valence-electron chi connectivity index (χ3n) is 2.87. The molecule has 0 fully saturated rings. The van der Waals surface area contributed by atoms with Crippen molar-refractivity contribution in [2.75, 3.05) is 0 Å². The van der Waals surface area contributed by atoms with Gasteiger partial charge in [-0.05, 0) is 25.8 Å². The normalized spacial score (nSPS) is 14.8. The van der Waals surface area contributed by atoms with Crippen molar-refractivity contribution >= 4 is 11.6 Å². The molecule has 16 heavy (non-hydrogen) atoms. The van der Waals surface area contributed by atoms with Crippen LogP contribution in [-0.2, 0) is 0 Å². The van der Waals surface area contributed by atoms with Crippen LogP contribution in [0.3, 0.4) is 0 Å². The zero-order chi connectivity index (χ0) is 12.0. The molecule has 2 unspecified atom stereocenters. The second-order valence-electron chi connectivity index (χ2n) is 4.17. The fraction of sp³-hybridized carbons (Fsp3) is 0.615. The van der Waals surface area contributed by atoms with Crippen molar-refractivity contribution in [2.45, 2.75) is 52.1 Å². The minimum absolute atomic E-state index is 0.262. The van der Waals surface area contributed by atoms with Crippen LogP contribution >= 0.6 is 11.6 Å². The van der Waals surface area contributed by atoms with Crippen molar-refractivity contribution in [1.29, 1.82) is 0 Å². The van der Waals surface area contributed by atoms with Crippen LogP contribution in [0.2, 0.25) is 5.15 Å². The lowest BCUT2D eigenvalue weighted by atomic mass is 10.1. The molecule has 2 atom stereocenters. The molecule has 0 aliphatic rings. The average molecular weight is 241 g/mol. The van der Waals surface area contributed by atoms with E-state index >= 15 is 0 Å². The van der Waals surface area contributed by atoms with Crippen molar-refractivity contribution in [1.82, 2.24) is 10.3 Å². The average Bonchev–Trinajstić information content (AvgIpc) is 2.28. The first-order valence-corrected chi connectivity index (χ1v) is 6.43. The fourth-order valence-corrected chi connectivity index (χ4v) is 2.20. The molecule has 2 nitrogen and oxygen atoms in total. The highest BCUT2D eigenvalue weighted by Crippen LogP contribution is 2.21. The summed E-state index contributed by atoms with van der Waals surface area (Å²) in [5.41, 5.74) is 1.08. The number of aromatic nitrogens is 1. The monoisotopic (exact) mass is 240 g/mol. The van der Waals surface area contributed by atoms with Crippen LogP contribution in [0.15, 0.2) is 18.3 Å². The number of pyridine rings is 1. The molecule has 1 rings (SSSR count). The van der Waals surface area contributed by atoms with Crippen LogP contribution in [0.4, 0.5) is 0 Å². The van der Waals surface area contributed by atoms with E-state index in [1.165, 1.54) is 12.8 Å². The minimum atomic E-state index is 0.262. The number of rotatable bonds is 6. The molecule has 1 aromatic heterocycles. The second-order valence-corrected chi connectivity index (χ2v) is 4.52. The van der Waals surface area contributed by atoms with Crippen molar-refractivity contribution in [3.05, 3.63) is 29.0 Å². The van der Waals surface area contributed by atoms with E-state index in [2.05, 4.69) is 31.1 Å². The Morgan fingerprint density at radius 2 is 2.19 bits per heavy atom. The van der Waals surface area contributed by atoms with Crippen LogP contribution in [0, 0.1) is 0 Å². The summed E-state index contributed by atoms with van der Waals surface area (Å²) in [5.74, 6) is 0. The van der Waals surface area contributed by atoms with Gasteiger partial charge in [-0.3, -0.25) is 0 Å². The van der Waals surface area contributed by atoms with Gasteiger partial charge in [-0.2, -0.15) is 0 Å². The van der Waals surface area contributed by atoms with E-state index in [0.717, 1.165) is 12.0 Å². The highest BCUT2D eigenvalue weighted by molar-refractivity contribution is 6.30. The first-order valence-electron chi connectivity index (χ1n) is 6.05. The summed E-state index contributed by atoms with van der Waals surface area (Å²) in [6.07, 6.45) is 5.29. The first kappa shape index (κ1) is 13.5. The summed E-state index contributed by atoms with van der Waals surface area (Å²) in [5, 5.41) is 4.21. The molecular weight excluding hydrogens is 220 g/mol. The number of nitrogens with zero attached hydrogens (tertiary/aromatic N) is 1. The molecule has 0 aromatic carbocycles. The Labute approximate surface area is 103 Å². The van der Waals surface area contributed by atoms with E-state index in [1.54, 1.807) is 6.20 Å². The maximum Gasteiger partial charge on any atom is 0.133 e. The summed E-state index contributed by atoms with van der Waals surface area (Å²) in [4.78, 5) is 4.10. The van der Waals surface area contributed by atoms with Gasteiger partial charge in [0.2, 0.25) is 0 Å². The molecule has 1 aromatic rings. The largest absolute Gasteiger partial charge is 0.307 e. The van der Waals surface area contributed by atoms with Crippen LogP contribution in [0.5, 0.6) is 0 Å². The quantitative estimate of drug-likeness (QED) is 0.762. The number of halogens is 1. The molecule has 0 spiro atoms. The molecular formula is C13H21ClN2. The Morgan fingerprint density at radius 1 is 1.44 bits per heavy atom. The SMILES string of the molecule is CCCC(CC)NC(C)c1cccnc1Cl. The van der Waals surface area contributed by atoms with E-state index in [-0.39, 0.29) is 6.04 Å². The third kappa shape index (κ3) is 3.76. The van der Waals surface area contributed by atoms with Crippen LogP contribution in [0.25, 0.3) is 0 Å². The molecule has 0 bridgehead atoms. The van der Waals surface area contributed by atoms with E-state index in [1.807, 2.05) is 12.1 Å². The van der Waals surface area contributed by atoms with Gasteiger partial charge in [-0.1, -0.05) is 37.9 Å². The van der Waals surface area contributed by atoms with Crippen molar-refractivity contribution in [3.8, 4) is 0 Å². The molecule has 0 radical (unpaired) electrons. The Balaban J connectivity index is 2.64. The van der Waals surface area contributed by atoms with Crippen LogP contribution in [0.1, 0.15) is 51.6 Å². The third-order valence-corrected chi connectivity index (χ3v) is 3.19. The molecule has 0 saturated heterocycles. The van der Waals surface area contributed by atoms with E-state index in [0.29, 0.717) is 11.2 Å². The van der Waals surface area contributed by atoms with E-state index in [4.69, 9.17) is 11.6 Å². The molecule has 0 amide bonds. The summed E-state index contributed by atoms with van der Waals surface area (Å²) in [6.45, 7) is 6.57. The molecule has 0 saturated carbocycles. The zero-order valence-electron chi connectivity index (χ0n) is 10.3. The topological polar surface area (TPSA) is 24.9 Å². The highest BCUT2D eigenvalue weighted by atomic mass is 35.5. The number of nitrogens with one attached hydrogen (secondary N) is 1. The summed E-state index contributed by atoms with van der Waals surface area (Å²) >= 11 is 6.07. The maximum absolute atomic E-state index is 6.07. The van der Waals surface area contributed by atoms with Gasteiger partial charge in [0.1, 0.15) is 5.15 Å². The molecule has 0 aliphatic carbocycles. The van der Waals surface area contributed by atoms with Crippen LogP contribution in [-0.4, -0.2) is 11.0 Å². The predicted octanol–water partition coefficient (Wildman–Crippen LogP) is 3.96. The van der Waals surface area contributed by atoms with Gasteiger partial charge >= 0.3 is 0 Å². The van der Waals surface area contributed by atoms with E-state index < -0.39 is 0 Å². The fourth-order valence-electron chi connectivity index (χ4n) is 1.92. The lowest BCUT2D eigenvalue weighted by Gasteiger charge is -2.22. The summed E-state index contributed by atoms with van der Waals surface area (Å²) in [7, 11) is 0. The molecule has 90 valence electrons. The van der Waals surface area contributed by atoms with Gasteiger partial charge in [0.15, 0.2) is 0 Å². The van der Waals surface area contributed by atoms with Crippen LogP contribution < -0.4 is 5.32 Å². The number of hydrogen-bond acceptors (Lipinski definition) is 2. The van der Waals surface area contributed by atoms with Gasteiger partial charge in [0, 0.05) is 23.8 Å². The van der Waals surface area contributed by atoms with Gasteiger partial charge in [-0.15, -0.1) is 0 Å². The van der Waals surface area contributed by atoms with Gasteiger partial charge < -0.3 is 5.32 Å². The Hall–Kier alpha value is -0.600. The van der Waals surface area contributed by atoms with E-state index in [9.17, 15) is 0 Å². The lowest BCUT2D eigenvalue weighted by Crippen LogP contribution is -2.31. The minimum Gasteiger partial charge on any atom is -0.307 e. The lowest BCUT2D eigenvalue weighted by molar-refractivity contribution is 0.416. The standard InChI is InChI=1S/C13H21ClN2/c1-4-7-11(5-2)16-10(3)12-8-6-9-15-13(12)14/h6,8-11,16H,4-5,7H2,1-3H3. The second kappa shape index (κ2) is 6.87. The number of hydrogen-bond donors (Lipinski definition) is 1. The zero-order valence-corrected chi connectivity index (χ0v) is 11.1. The molecule has 1 N–H and O–H groups in total. The van der Waals surface area contributed by atoms with Crippen molar-refractivity contribution < 1.29 is 0 Å². The summed E-state index contributed by atoms with van der Waals surface area (Å²) < 4.78 is 0.